The average molecular weight is 352 g/mol. The normalized spacial score (nSPS) is 23.4. The largest absolute Gasteiger partial charge is 0.378 e. The molecule has 1 saturated heterocycles. The van der Waals surface area contributed by atoms with Gasteiger partial charge in [0.2, 0.25) is 0 Å². The van der Waals surface area contributed by atoms with Gasteiger partial charge >= 0.3 is 0 Å². The minimum Gasteiger partial charge on any atom is -0.378 e. The first kappa shape index (κ1) is 15.5. The fourth-order valence-electron chi connectivity index (χ4n) is 3.19. The summed E-state index contributed by atoms with van der Waals surface area (Å²) >= 11 is 3.58. The van der Waals surface area contributed by atoms with Gasteiger partial charge in [0.25, 0.3) is 0 Å². The molecule has 2 fully saturated rings. The van der Waals surface area contributed by atoms with Crippen molar-refractivity contribution < 1.29 is 4.74 Å². The van der Waals surface area contributed by atoms with E-state index < -0.39 is 0 Å². The van der Waals surface area contributed by atoms with Crippen molar-refractivity contribution in [3.8, 4) is 0 Å². The summed E-state index contributed by atoms with van der Waals surface area (Å²) in [4.78, 5) is 0. The van der Waals surface area contributed by atoms with Crippen molar-refractivity contribution in [2.75, 3.05) is 13.2 Å². The molecule has 3 rings (SSSR count). The number of benzene rings is 1. The van der Waals surface area contributed by atoms with E-state index in [2.05, 4.69) is 45.5 Å². The number of nitrogens with one attached hydrogen (secondary N) is 1. The number of halogens is 1. The van der Waals surface area contributed by atoms with E-state index in [0.717, 1.165) is 25.1 Å². The molecule has 1 aromatic rings. The van der Waals surface area contributed by atoms with Crippen LogP contribution in [0, 0.1) is 5.92 Å². The zero-order valence-corrected chi connectivity index (χ0v) is 14.3. The predicted molar refractivity (Wildman–Crippen MR) is 90.6 cm³/mol. The zero-order chi connectivity index (χ0) is 14.5. The Balaban J connectivity index is 1.51. The van der Waals surface area contributed by atoms with Crippen molar-refractivity contribution in [2.45, 2.75) is 57.1 Å². The van der Waals surface area contributed by atoms with Crippen molar-refractivity contribution in [2.24, 2.45) is 5.92 Å². The third kappa shape index (κ3) is 5.39. The SMILES string of the molecule is Brc1cccc(CC(CCC2CCCO2)CNC2CC2)c1. The number of hydrogen-bond donors (Lipinski definition) is 1. The van der Waals surface area contributed by atoms with Crippen LogP contribution >= 0.6 is 15.9 Å². The van der Waals surface area contributed by atoms with Crippen LogP contribution in [0.5, 0.6) is 0 Å². The predicted octanol–water partition coefficient (Wildman–Crippen LogP) is 4.32. The Morgan fingerprint density at radius 1 is 1.29 bits per heavy atom. The van der Waals surface area contributed by atoms with Crippen LogP contribution in [0.3, 0.4) is 0 Å². The number of hydrogen-bond acceptors (Lipinski definition) is 2. The molecule has 116 valence electrons. The third-order valence-corrected chi connectivity index (χ3v) is 5.10. The molecule has 1 aromatic carbocycles. The lowest BCUT2D eigenvalue weighted by Gasteiger charge is -2.20. The maximum Gasteiger partial charge on any atom is 0.0576 e. The third-order valence-electron chi connectivity index (χ3n) is 4.61. The summed E-state index contributed by atoms with van der Waals surface area (Å²) in [5, 5.41) is 3.71. The molecule has 0 spiro atoms. The second-order valence-electron chi connectivity index (χ2n) is 6.59. The molecular weight excluding hydrogens is 326 g/mol. The summed E-state index contributed by atoms with van der Waals surface area (Å²) < 4.78 is 6.97. The van der Waals surface area contributed by atoms with Crippen molar-refractivity contribution in [1.82, 2.24) is 5.32 Å². The molecule has 2 aliphatic rings. The highest BCUT2D eigenvalue weighted by Gasteiger charge is 2.23. The minimum atomic E-state index is 0.524. The second kappa shape index (κ2) is 7.75. The molecule has 1 aliphatic heterocycles. The first-order chi connectivity index (χ1) is 10.3. The van der Waals surface area contributed by atoms with Crippen LogP contribution in [0.15, 0.2) is 28.7 Å². The molecule has 1 saturated carbocycles. The van der Waals surface area contributed by atoms with Crippen LogP contribution in [0.25, 0.3) is 0 Å². The smallest absolute Gasteiger partial charge is 0.0576 e. The fraction of sp³-hybridized carbons (Fsp3) is 0.667. The molecule has 1 heterocycles. The van der Waals surface area contributed by atoms with Gasteiger partial charge in [0.15, 0.2) is 0 Å². The number of ether oxygens (including phenoxy) is 1. The van der Waals surface area contributed by atoms with Gasteiger partial charge in [-0.15, -0.1) is 0 Å². The summed E-state index contributed by atoms with van der Waals surface area (Å²) in [7, 11) is 0. The first-order valence-electron chi connectivity index (χ1n) is 8.39. The molecule has 0 amide bonds. The summed E-state index contributed by atoms with van der Waals surface area (Å²) in [5.74, 6) is 0.726. The number of rotatable bonds is 8. The van der Waals surface area contributed by atoms with Gasteiger partial charge in [-0.25, -0.2) is 0 Å². The van der Waals surface area contributed by atoms with Gasteiger partial charge in [-0.3, -0.25) is 0 Å². The summed E-state index contributed by atoms with van der Waals surface area (Å²) in [5.41, 5.74) is 1.44. The molecule has 0 radical (unpaired) electrons. The highest BCUT2D eigenvalue weighted by atomic mass is 79.9. The van der Waals surface area contributed by atoms with Gasteiger partial charge < -0.3 is 10.1 Å². The van der Waals surface area contributed by atoms with Gasteiger partial charge in [-0.2, -0.15) is 0 Å². The van der Waals surface area contributed by atoms with Gasteiger partial charge in [0.1, 0.15) is 0 Å². The zero-order valence-electron chi connectivity index (χ0n) is 12.7. The Morgan fingerprint density at radius 2 is 2.19 bits per heavy atom. The van der Waals surface area contributed by atoms with Crippen molar-refractivity contribution >= 4 is 15.9 Å². The lowest BCUT2D eigenvalue weighted by Crippen LogP contribution is -2.27. The monoisotopic (exact) mass is 351 g/mol. The van der Waals surface area contributed by atoms with Gasteiger partial charge in [-0.05, 0) is 75.1 Å². The lowest BCUT2D eigenvalue weighted by molar-refractivity contribution is 0.0979. The van der Waals surface area contributed by atoms with Crippen molar-refractivity contribution in [3.05, 3.63) is 34.3 Å². The lowest BCUT2D eigenvalue weighted by atomic mass is 9.93. The van der Waals surface area contributed by atoms with Gasteiger partial charge in [0.05, 0.1) is 6.10 Å². The molecule has 1 N–H and O–H groups in total. The summed E-state index contributed by atoms with van der Waals surface area (Å²) in [6, 6.07) is 9.56. The Labute approximate surface area is 136 Å². The van der Waals surface area contributed by atoms with Crippen LogP contribution in [0.4, 0.5) is 0 Å². The summed E-state index contributed by atoms with van der Waals surface area (Å²) in [6.45, 7) is 2.13. The van der Waals surface area contributed by atoms with Crippen LogP contribution in [-0.4, -0.2) is 25.3 Å². The van der Waals surface area contributed by atoms with E-state index in [-0.39, 0.29) is 0 Å². The molecule has 2 atom stereocenters. The average Bonchev–Trinajstić information content (AvgIpc) is 3.16. The second-order valence-corrected chi connectivity index (χ2v) is 7.51. The fourth-order valence-corrected chi connectivity index (χ4v) is 3.63. The van der Waals surface area contributed by atoms with Crippen LogP contribution in [0.2, 0.25) is 0 Å². The van der Waals surface area contributed by atoms with E-state index in [1.54, 1.807) is 0 Å². The van der Waals surface area contributed by atoms with E-state index in [4.69, 9.17) is 4.74 Å². The standard InChI is InChI=1S/C18H26BrNO/c19-16-4-1-3-14(12-16)11-15(13-20-17-7-8-17)6-9-18-5-2-10-21-18/h1,3-4,12,15,17-18,20H,2,5-11,13H2. The molecule has 1 aliphatic carbocycles. The highest BCUT2D eigenvalue weighted by Crippen LogP contribution is 2.24. The Morgan fingerprint density at radius 3 is 2.90 bits per heavy atom. The van der Waals surface area contributed by atoms with E-state index in [9.17, 15) is 0 Å². The van der Waals surface area contributed by atoms with Crippen molar-refractivity contribution in [1.29, 1.82) is 0 Å². The van der Waals surface area contributed by atoms with Crippen LogP contribution in [-0.2, 0) is 11.2 Å². The Hall–Kier alpha value is -0.380. The van der Waals surface area contributed by atoms with E-state index >= 15 is 0 Å². The maximum absolute atomic E-state index is 5.78. The maximum atomic E-state index is 5.78. The molecule has 21 heavy (non-hydrogen) atoms. The minimum absolute atomic E-state index is 0.524. The van der Waals surface area contributed by atoms with Gasteiger partial charge in [0, 0.05) is 17.1 Å². The molecule has 0 bridgehead atoms. The van der Waals surface area contributed by atoms with E-state index in [1.165, 1.54) is 55.0 Å². The highest BCUT2D eigenvalue weighted by molar-refractivity contribution is 9.10. The molecule has 3 heteroatoms. The Kier molecular flexibility index (Phi) is 5.73. The molecule has 2 nitrogen and oxygen atoms in total. The topological polar surface area (TPSA) is 21.3 Å². The van der Waals surface area contributed by atoms with E-state index in [0.29, 0.717) is 6.10 Å². The van der Waals surface area contributed by atoms with Crippen molar-refractivity contribution in [3.63, 3.8) is 0 Å². The van der Waals surface area contributed by atoms with Gasteiger partial charge in [-0.1, -0.05) is 28.1 Å². The quantitative estimate of drug-likeness (QED) is 0.752. The molecule has 2 unspecified atom stereocenters. The first-order valence-corrected chi connectivity index (χ1v) is 9.18. The van der Waals surface area contributed by atoms with Crippen LogP contribution < -0.4 is 5.32 Å². The van der Waals surface area contributed by atoms with Crippen LogP contribution in [0.1, 0.15) is 44.1 Å². The molecule has 0 aromatic heterocycles. The summed E-state index contributed by atoms with van der Waals surface area (Å²) in [6.07, 6.45) is 9.45. The van der Waals surface area contributed by atoms with E-state index in [1.807, 2.05) is 0 Å². The Bertz CT molecular complexity index is 441. The molecular formula is C18H26BrNO.